The summed E-state index contributed by atoms with van der Waals surface area (Å²) in [5, 5.41) is 17.4. The molecular weight excluding hydrogens is 516 g/mol. The third kappa shape index (κ3) is 6.71. The van der Waals surface area contributed by atoms with Crippen LogP contribution in [0.25, 0.3) is 5.65 Å². The molecule has 0 radical (unpaired) electrons. The van der Waals surface area contributed by atoms with Gasteiger partial charge in [-0.3, -0.25) is 9.52 Å². The van der Waals surface area contributed by atoms with E-state index in [2.05, 4.69) is 10.0 Å². The van der Waals surface area contributed by atoms with Gasteiger partial charge in [0.1, 0.15) is 5.82 Å². The van der Waals surface area contributed by atoms with Crippen LogP contribution in [0, 0.1) is 6.92 Å². The largest absolute Gasteiger partial charge is 0.396 e. The fraction of sp³-hybridized carbons (Fsp3) is 0.480. The molecule has 1 aromatic carbocycles. The molecule has 3 aromatic rings. The first-order valence-electron chi connectivity index (χ1n) is 12.5. The van der Waals surface area contributed by atoms with Crippen LogP contribution in [-0.4, -0.2) is 64.9 Å². The number of amides is 1. The van der Waals surface area contributed by atoms with Gasteiger partial charge < -0.3 is 15.3 Å². The van der Waals surface area contributed by atoms with Crippen molar-refractivity contribution in [1.29, 1.82) is 0 Å². The molecule has 0 aliphatic carbocycles. The Kier molecular flexibility index (Phi) is 8.56. The van der Waals surface area contributed by atoms with Crippen molar-refractivity contribution in [2.24, 2.45) is 0 Å². The number of hydrogen-bond acceptors (Lipinski definition) is 7. The number of likely N-dealkylation sites (tertiary alicyclic amines) is 1. The van der Waals surface area contributed by atoms with Crippen molar-refractivity contribution < 1.29 is 18.3 Å². The summed E-state index contributed by atoms with van der Waals surface area (Å²) in [6.07, 6.45) is 8.16. The first-order valence-corrected chi connectivity index (χ1v) is 14.7. The number of anilines is 2. The summed E-state index contributed by atoms with van der Waals surface area (Å²) in [5.74, 6) is 0.486. The van der Waals surface area contributed by atoms with E-state index in [9.17, 15) is 13.2 Å². The second-order valence-corrected chi connectivity index (χ2v) is 11.6. The summed E-state index contributed by atoms with van der Waals surface area (Å²) in [4.78, 5) is 20.2. The molecule has 37 heavy (non-hydrogen) atoms. The predicted octanol–water partition coefficient (Wildman–Crippen LogP) is 4.00. The molecule has 2 aromatic heterocycles. The topological polar surface area (TPSA) is 129 Å². The van der Waals surface area contributed by atoms with Crippen LogP contribution >= 0.6 is 11.6 Å². The van der Waals surface area contributed by atoms with Crippen molar-refractivity contribution in [1.82, 2.24) is 19.5 Å². The van der Waals surface area contributed by atoms with Gasteiger partial charge in [-0.25, -0.2) is 17.9 Å². The third-order valence-corrected chi connectivity index (χ3v) is 7.22. The molecule has 4 rings (SSSR count). The van der Waals surface area contributed by atoms with E-state index < -0.39 is 10.0 Å². The third-order valence-electron chi connectivity index (χ3n) is 6.39. The van der Waals surface area contributed by atoms with Crippen molar-refractivity contribution in [2.45, 2.75) is 51.5 Å². The fourth-order valence-electron chi connectivity index (χ4n) is 4.61. The lowest BCUT2D eigenvalue weighted by molar-refractivity contribution is 0.0607. The Morgan fingerprint density at radius 3 is 2.78 bits per heavy atom. The van der Waals surface area contributed by atoms with Gasteiger partial charge in [0.25, 0.3) is 5.91 Å². The number of aliphatic hydroxyl groups is 1. The number of piperidine rings is 1. The highest BCUT2D eigenvalue weighted by atomic mass is 35.5. The highest BCUT2D eigenvalue weighted by Gasteiger charge is 2.32. The summed E-state index contributed by atoms with van der Waals surface area (Å²) in [7, 11) is -3.58. The Morgan fingerprint density at radius 1 is 1.22 bits per heavy atom. The second-order valence-electron chi connectivity index (χ2n) is 9.43. The van der Waals surface area contributed by atoms with Crippen molar-refractivity contribution in [3.63, 3.8) is 0 Å². The average molecular weight is 549 g/mol. The quantitative estimate of drug-likeness (QED) is 0.326. The number of carbonyl (C=O) groups excluding carboxylic acids is 1. The van der Waals surface area contributed by atoms with Crippen LogP contribution in [0.1, 0.15) is 66.2 Å². The summed E-state index contributed by atoms with van der Waals surface area (Å²) in [5.41, 5.74) is 2.77. The van der Waals surface area contributed by atoms with Gasteiger partial charge in [-0.1, -0.05) is 11.6 Å². The number of aryl methyl sites for hydroxylation is 1. The van der Waals surface area contributed by atoms with E-state index in [-0.39, 0.29) is 29.8 Å². The van der Waals surface area contributed by atoms with Crippen LogP contribution in [0.3, 0.4) is 0 Å². The van der Waals surface area contributed by atoms with E-state index in [4.69, 9.17) is 26.8 Å². The molecule has 0 saturated carbocycles. The molecule has 0 unspecified atom stereocenters. The molecule has 1 saturated heterocycles. The number of carbonyl (C=O) groups is 1. The van der Waals surface area contributed by atoms with Crippen LogP contribution < -0.4 is 10.0 Å². The van der Waals surface area contributed by atoms with Crippen LogP contribution in [0.4, 0.5) is 11.5 Å². The number of nitrogens with zero attached hydrogens (tertiary/aromatic N) is 4. The number of nitrogens with one attached hydrogen (secondary N) is 2. The minimum absolute atomic E-state index is 0.197. The number of hydrogen-bond donors (Lipinski definition) is 3. The molecular formula is C25H33ClN6O4S. The monoisotopic (exact) mass is 548 g/mol. The number of sulfonamides is 1. The zero-order valence-corrected chi connectivity index (χ0v) is 22.6. The first-order chi connectivity index (χ1) is 17.7. The maximum atomic E-state index is 13.7. The van der Waals surface area contributed by atoms with Crippen LogP contribution in [-0.2, 0) is 10.0 Å². The van der Waals surface area contributed by atoms with Gasteiger partial charge in [-0.05, 0) is 63.6 Å². The number of aliphatic hydroxyl groups excluding tert-OH is 1. The molecule has 200 valence electrons. The zero-order valence-electron chi connectivity index (χ0n) is 21.1. The van der Waals surface area contributed by atoms with Crippen molar-refractivity contribution in [2.75, 3.05) is 36.0 Å². The van der Waals surface area contributed by atoms with E-state index in [1.54, 1.807) is 15.5 Å². The number of aromatic nitrogens is 3. The summed E-state index contributed by atoms with van der Waals surface area (Å²) < 4.78 is 27.9. The molecule has 1 aliphatic rings. The van der Waals surface area contributed by atoms with Gasteiger partial charge >= 0.3 is 0 Å². The number of fused-ring (bicyclic) bond motifs is 1. The lowest BCUT2D eigenvalue weighted by Crippen LogP contribution is -2.39. The van der Waals surface area contributed by atoms with E-state index in [1.807, 2.05) is 19.2 Å². The maximum absolute atomic E-state index is 13.7. The maximum Gasteiger partial charge on any atom is 0.256 e. The van der Waals surface area contributed by atoms with Gasteiger partial charge in [-0.15, -0.1) is 0 Å². The highest BCUT2D eigenvalue weighted by molar-refractivity contribution is 7.92. The molecule has 1 aliphatic heterocycles. The van der Waals surface area contributed by atoms with Crippen molar-refractivity contribution >= 4 is 44.7 Å². The standard InChI is InChI=1S/C25H33ClN6O4S/c1-17-16-32-23(28-24(17)27-11-5-3-7-13-33)15-21(29-32)22-8-4-6-12-31(22)25(34)19-14-18(26)9-10-20(19)30-37(2,35)36/h9-10,14-16,22,30,33H,3-8,11-13H2,1-2H3,(H,27,28)/t22-/m0/s1. The first kappa shape index (κ1) is 27.2. The van der Waals surface area contributed by atoms with Crippen LogP contribution in [0.5, 0.6) is 0 Å². The lowest BCUT2D eigenvalue weighted by atomic mass is 9.98. The molecule has 1 fully saturated rings. The predicted molar refractivity (Wildman–Crippen MR) is 145 cm³/mol. The smallest absolute Gasteiger partial charge is 0.256 e. The lowest BCUT2D eigenvalue weighted by Gasteiger charge is -2.35. The SMILES string of the molecule is Cc1cn2nc([C@@H]3CCCCN3C(=O)c3cc(Cl)ccc3NS(C)(=O)=O)cc2nc1NCCCCCO. The van der Waals surface area contributed by atoms with E-state index >= 15 is 0 Å². The Bertz CT molecular complexity index is 1380. The molecule has 1 atom stereocenters. The van der Waals surface area contributed by atoms with E-state index in [1.165, 1.54) is 12.1 Å². The Labute approximate surface area is 222 Å². The highest BCUT2D eigenvalue weighted by Crippen LogP contribution is 2.34. The minimum Gasteiger partial charge on any atom is -0.396 e. The number of rotatable bonds is 10. The molecule has 1 amide bonds. The normalized spacial score (nSPS) is 16.2. The van der Waals surface area contributed by atoms with Gasteiger partial charge in [0, 0.05) is 42.5 Å². The van der Waals surface area contributed by atoms with Gasteiger partial charge in [0.05, 0.1) is 29.2 Å². The molecule has 0 bridgehead atoms. The fourth-order valence-corrected chi connectivity index (χ4v) is 5.36. The van der Waals surface area contributed by atoms with Crippen molar-refractivity contribution in [3.05, 3.63) is 52.3 Å². The van der Waals surface area contributed by atoms with E-state index in [0.717, 1.165) is 68.4 Å². The van der Waals surface area contributed by atoms with Crippen LogP contribution in [0.15, 0.2) is 30.5 Å². The van der Waals surface area contributed by atoms with Gasteiger partial charge in [-0.2, -0.15) is 5.10 Å². The van der Waals surface area contributed by atoms with Gasteiger partial charge in [0.2, 0.25) is 10.0 Å². The number of halogens is 1. The summed E-state index contributed by atoms with van der Waals surface area (Å²) in [6.45, 7) is 3.46. The molecule has 0 spiro atoms. The minimum atomic E-state index is -3.58. The number of benzene rings is 1. The molecule has 12 heteroatoms. The molecule has 3 N–H and O–H groups in total. The summed E-state index contributed by atoms with van der Waals surface area (Å²) in [6, 6.07) is 6.18. The Hall–Kier alpha value is -2.89. The molecule has 3 heterocycles. The Balaban J connectivity index is 1.60. The second kappa shape index (κ2) is 11.7. The Morgan fingerprint density at radius 2 is 2.03 bits per heavy atom. The average Bonchev–Trinajstić information content (AvgIpc) is 3.26. The van der Waals surface area contributed by atoms with Gasteiger partial charge in [0.15, 0.2) is 5.65 Å². The molecule has 10 nitrogen and oxygen atoms in total. The van der Waals surface area contributed by atoms with Crippen LogP contribution in [0.2, 0.25) is 5.02 Å². The van der Waals surface area contributed by atoms with E-state index in [0.29, 0.717) is 17.2 Å². The zero-order chi connectivity index (χ0) is 26.6. The number of unbranched alkanes of at least 4 members (excludes halogenated alkanes) is 2. The van der Waals surface area contributed by atoms with Crippen molar-refractivity contribution in [3.8, 4) is 0 Å². The summed E-state index contributed by atoms with van der Waals surface area (Å²) >= 11 is 6.18.